The summed E-state index contributed by atoms with van der Waals surface area (Å²) in [4.78, 5) is 24.1. The fraction of sp³-hybridized carbons (Fsp3) is 0.833. The summed E-state index contributed by atoms with van der Waals surface area (Å²) < 4.78 is 22.9. The molecule has 7 nitrogen and oxygen atoms in total. The van der Waals surface area contributed by atoms with Crippen LogP contribution in [-0.4, -0.2) is 67.0 Å². The van der Waals surface area contributed by atoms with Crippen LogP contribution in [0.25, 0.3) is 0 Å². The highest BCUT2D eigenvalue weighted by Crippen LogP contribution is 2.20. The van der Waals surface area contributed by atoms with Gasteiger partial charge in [0.1, 0.15) is 0 Å². The van der Waals surface area contributed by atoms with Crippen molar-refractivity contribution < 1.29 is 23.1 Å². The predicted molar refractivity (Wildman–Crippen MR) is 72.0 cm³/mol. The van der Waals surface area contributed by atoms with Crippen molar-refractivity contribution in [3.63, 3.8) is 0 Å². The molecule has 0 aromatic rings. The zero-order valence-corrected chi connectivity index (χ0v) is 12.1. The molecule has 1 aliphatic carbocycles. The Hall–Kier alpha value is -1.15. The van der Waals surface area contributed by atoms with Gasteiger partial charge in [-0.3, -0.25) is 14.5 Å². The van der Waals surface area contributed by atoms with Crippen molar-refractivity contribution >= 4 is 21.7 Å². The van der Waals surface area contributed by atoms with E-state index in [1.807, 2.05) is 0 Å². The summed E-state index contributed by atoms with van der Waals surface area (Å²) in [5.41, 5.74) is 0. The number of hydrogen-bond donors (Lipinski definition) is 2. The average molecular weight is 304 g/mol. The largest absolute Gasteiger partial charge is 0.480 e. The number of carbonyl (C=O) groups is 2. The molecule has 0 radical (unpaired) electrons. The molecule has 1 aliphatic heterocycles. The first-order valence-corrected chi connectivity index (χ1v) is 8.63. The molecule has 0 aromatic heterocycles. The van der Waals surface area contributed by atoms with E-state index in [4.69, 9.17) is 5.11 Å². The molecule has 2 N–H and O–H groups in total. The summed E-state index contributed by atoms with van der Waals surface area (Å²) in [5, 5.41) is 11.7. The van der Waals surface area contributed by atoms with Gasteiger partial charge >= 0.3 is 5.97 Å². The topological polar surface area (TPSA) is 104 Å². The molecule has 0 bridgehead atoms. The fourth-order valence-corrected chi connectivity index (χ4v) is 4.16. The smallest absolute Gasteiger partial charge is 0.317 e. The minimum atomic E-state index is -3.06. The number of carbonyl (C=O) groups excluding carboxylic acids is 1. The van der Waals surface area contributed by atoms with Crippen LogP contribution in [0.15, 0.2) is 0 Å². The molecular weight excluding hydrogens is 284 g/mol. The van der Waals surface area contributed by atoms with E-state index in [0.717, 1.165) is 12.8 Å². The van der Waals surface area contributed by atoms with Gasteiger partial charge in [-0.2, -0.15) is 0 Å². The summed E-state index contributed by atoms with van der Waals surface area (Å²) in [6, 6.07) is -0.00731. The fourth-order valence-electron chi connectivity index (χ4n) is 2.40. The minimum absolute atomic E-state index is 0.00940. The normalized spacial score (nSPS) is 24.8. The van der Waals surface area contributed by atoms with Gasteiger partial charge in [0.15, 0.2) is 9.84 Å². The third kappa shape index (κ3) is 4.75. The van der Waals surface area contributed by atoms with E-state index < -0.39 is 15.8 Å². The van der Waals surface area contributed by atoms with Crippen molar-refractivity contribution in [2.75, 3.05) is 24.6 Å². The van der Waals surface area contributed by atoms with E-state index >= 15 is 0 Å². The van der Waals surface area contributed by atoms with E-state index in [0.29, 0.717) is 6.42 Å². The minimum Gasteiger partial charge on any atom is -0.480 e. The van der Waals surface area contributed by atoms with Gasteiger partial charge in [0, 0.05) is 25.0 Å². The molecule has 2 rings (SSSR count). The number of nitrogens with zero attached hydrogens (tertiary/aromatic N) is 1. The number of hydrogen-bond acceptors (Lipinski definition) is 5. The lowest BCUT2D eigenvalue weighted by molar-refractivity contribution is -0.139. The Balaban J connectivity index is 1.86. The monoisotopic (exact) mass is 304 g/mol. The SMILES string of the molecule is O=C(O)CN(CCC(=O)NC1CC1)C1CCS(=O)(=O)C1. The zero-order valence-electron chi connectivity index (χ0n) is 11.2. The average Bonchev–Trinajstić information content (AvgIpc) is 3.06. The molecule has 2 aliphatic rings. The Morgan fingerprint density at radius 3 is 2.45 bits per heavy atom. The molecule has 1 saturated heterocycles. The second kappa shape index (κ2) is 6.09. The van der Waals surface area contributed by atoms with Crippen LogP contribution in [0, 0.1) is 0 Å². The van der Waals surface area contributed by atoms with Crippen LogP contribution in [0.5, 0.6) is 0 Å². The molecule has 1 unspecified atom stereocenters. The van der Waals surface area contributed by atoms with E-state index in [1.54, 1.807) is 4.90 Å². The van der Waals surface area contributed by atoms with Crippen LogP contribution in [0.2, 0.25) is 0 Å². The lowest BCUT2D eigenvalue weighted by Gasteiger charge is -2.25. The first kappa shape index (κ1) is 15.2. The van der Waals surface area contributed by atoms with Crippen molar-refractivity contribution in [3.05, 3.63) is 0 Å². The van der Waals surface area contributed by atoms with Gasteiger partial charge in [0.2, 0.25) is 5.91 Å². The van der Waals surface area contributed by atoms with E-state index in [9.17, 15) is 18.0 Å². The van der Waals surface area contributed by atoms with Crippen LogP contribution in [-0.2, 0) is 19.4 Å². The standard InChI is InChI=1S/C12H20N2O5S/c15-11(13-9-1-2-9)3-5-14(7-12(16)17)10-4-6-20(18,19)8-10/h9-10H,1-8H2,(H,13,15)(H,16,17). The highest BCUT2D eigenvalue weighted by molar-refractivity contribution is 7.91. The molecule has 0 spiro atoms. The third-order valence-electron chi connectivity index (χ3n) is 3.63. The van der Waals surface area contributed by atoms with Gasteiger partial charge < -0.3 is 10.4 Å². The number of nitrogens with one attached hydrogen (secondary N) is 1. The first-order valence-electron chi connectivity index (χ1n) is 6.81. The maximum Gasteiger partial charge on any atom is 0.317 e. The van der Waals surface area contributed by atoms with Crippen LogP contribution in [0.4, 0.5) is 0 Å². The van der Waals surface area contributed by atoms with E-state index in [-0.39, 0.29) is 49.0 Å². The second-order valence-corrected chi connectivity index (χ2v) is 7.74. The number of rotatable bonds is 7. The zero-order chi connectivity index (χ0) is 14.8. The van der Waals surface area contributed by atoms with Crippen molar-refractivity contribution in [1.29, 1.82) is 0 Å². The molecule has 8 heteroatoms. The molecule has 1 saturated carbocycles. The molecule has 1 amide bonds. The van der Waals surface area contributed by atoms with Gasteiger partial charge in [-0.25, -0.2) is 8.42 Å². The maximum absolute atomic E-state index is 11.6. The molecule has 20 heavy (non-hydrogen) atoms. The number of aliphatic carboxylic acids is 1. The Morgan fingerprint density at radius 2 is 1.95 bits per heavy atom. The third-order valence-corrected chi connectivity index (χ3v) is 5.38. The first-order chi connectivity index (χ1) is 9.35. The summed E-state index contributed by atoms with van der Waals surface area (Å²) in [7, 11) is -3.06. The van der Waals surface area contributed by atoms with Crippen LogP contribution >= 0.6 is 0 Å². The lowest BCUT2D eigenvalue weighted by atomic mass is 10.2. The second-order valence-electron chi connectivity index (χ2n) is 5.51. The molecule has 1 heterocycles. The number of carboxylic acids is 1. The number of carboxylic acid groups (broad SMARTS) is 1. The highest BCUT2D eigenvalue weighted by atomic mass is 32.2. The Labute approximate surface area is 118 Å². The van der Waals surface area contributed by atoms with Gasteiger partial charge in [0.05, 0.1) is 18.1 Å². The highest BCUT2D eigenvalue weighted by Gasteiger charge is 2.33. The number of sulfone groups is 1. The predicted octanol–water partition coefficient (Wildman–Crippen LogP) is -0.771. The van der Waals surface area contributed by atoms with Crippen LogP contribution < -0.4 is 5.32 Å². The van der Waals surface area contributed by atoms with Crippen molar-refractivity contribution in [2.45, 2.75) is 37.8 Å². The van der Waals surface area contributed by atoms with Gasteiger partial charge in [0.25, 0.3) is 0 Å². The lowest BCUT2D eigenvalue weighted by Crippen LogP contribution is -2.42. The van der Waals surface area contributed by atoms with Crippen LogP contribution in [0.3, 0.4) is 0 Å². The summed E-state index contributed by atoms with van der Waals surface area (Å²) >= 11 is 0. The molecular formula is C12H20N2O5S. The van der Waals surface area contributed by atoms with Crippen molar-refractivity contribution in [2.24, 2.45) is 0 Å². The molecule has 1 atom stereocenters. The van der Waals surface area contributed by atoms with Crippen LogP contribution in [0.1, 0.15) is 25.7 Å². The van der Waals surface area contributed by atoms with Crippen molar-refractivity contribution in [1.82, 2.24) is 10.2 Å². The maximum atomic E-state index is 11.6. The summed E-state index contributed by atoms with van der Waals surface area (Å²) in [6.07, 6.45) is 2.66. The molecule has 114 valence electrons. The Morgan fingerprint density at radius 1 is 1.25 bits per heavy atom. The molecule has 0 aromatic carbocycles. The van der Waals surface area contributed by atoms with Crippen molar-refractivity contribution in [3.8, 4) is 0 Å². The number of amides is 1. The van der Waals surface area contributed by atoms with Gasteiger partial charge in [-0.15, -0.1) is 0 Å². The quantitative estimate of drug-likeness (QED) is 0.640. The Kier molecular flexibility index (Phi) is 4.64. The van der Waals surface area contributed by atoms with E-state index in [2.05, 4.69) is 5.32 Å². The summed E-state index contributed by atoms with van der Waals surface area (Å²) in [5.74, 6) is -1.01. The van der Waals surface area contributed by atoms with Gasteiger partial charge in [-0.05, 0) is 19.3 Å². The molecule has 2 fully saturated rings. The Bertz CT molecular complexity index is 486. The summed E-state index contributed by atoms with van der Waals surface area (Å²) in [6.45, 7) is 0.0575. The van der Waals surface area contributed by atoms with Gasteiger partial charge in [-0.1, -0.05) is 0 Å². The van der Waals surface area contributed by atoms with E-state index in [1.165, 1.54) is 0 Å².